The van der Waals surface area contributed by atoms with Gasteiger partial charge in [0.2, 0.25) is 5.91 Å². The van der Waals surface area contributed by atoms with E-state index in [1.807, 2.05) is 13.8 Å². The molecule has 0 fully saturated rings. The molecule has 18 heavy (non-hydrogen) atoms. The first-order valence-corrected chi connectivity index (χ1v) is 6.97. The molecule has 102 valence electrons. The first-order valence-electron chi connectivity index (χ1n) is 6.16. The molecule has 0 saturated carbocycles. The van der Waals surface area contributed by atoms with Gasteiger partial charge in [0, 0.05) is 16.3 Å². The maximum Gasteiger partial charge on any atom is 0.234 e. The summed E-state index contributed by atoms with van der Waals surface area (Å²) in [5.74, 6) is -0.333. The van der Waals surface area contributed by atoms with Crippen LogP contribution in [0.2, 0.25) is 0 Å². The van der Waals surface area contributed by atoms with Crippen LogP contribution in [0.25, 0.3) is 0 Å². The second-order valence-corrected chi connectivity index (χ2v) is 6.76. The van der Waals surface area contributed by atoms with Crippen LogP contribution in [-0.4, -0.2) is 16.9 Å². The standard InChI is InChI=1S/C13H23N3OS/c1-7(15-9(3)11(14)17)10-8(2)16-12(18-10)13(4,5)6/h7,9,15H,1-6H3,(H2,14,17). The normalized spacial score (nSPS) is 15.4. The summed E-state index contributed by atoms with van der Waals surface area (Å²) in [7, 11) is 0. The minimum Gasteiger partial charge on any atom is -0.368 e. The maximum atomic E-state index is 11.1. The zero-order chi connectivity index (χ0) is 14.1. The van der Waals surface area contributed by atoms with Gasteiger partial charge in [0.15, 0.2) is 0 Å². The van der Waals surface area contributed by atoms with E-state index in [2.05, 4.69) is 31.1 Å². The second kappa shape index (κ2) is 5.36. The zero-order valence-corrected chi connectivity index (χ0v) is 12.8. The number of carbonyl (C=O) groups is 1. The number of amides is 1. The lowest BCUT2D eigenvalue weighted by molar-refractivity contribution is -0.119. The lowest BCUT2D eigenvalue weighted by Crippen LogP contribution is -2.39. The lowest BCUT2D eigenvalue weighted by atomic mass is 9.98. The van der Waals surface area contributed by atoms with Crippen molar-refractivity contribution >= 4 is 17.2 Å². The van der Waals surface area contributed by atoms with Crippen LogP contribution < -0.4 is 11.1 Å². The van der Waals surface area contributed by atoms with Crippen molar-refractivity contribution in [2.75, 3.05) is 0 Å². The summed E-state index contributed by atoms with van der Waals surface area (Å²) in [6.07, 6.45) is 0. The fraction of sp³-hybridized carbons (Fsp3) is 0.692. The average Bonchev–Trinajstić information content (AvgIpc) is 2.59. The van der Waals surface area contributed by atoms with Gasteiger partial charge in [-0.2, -0.15) is 0 Å². The Morgan fingerprint density at radius 2 is 1.94 bits per heavy atom. The predicted molar refractivity (Wildman–Crippen MR) is 75.8 cm³/mol. The smallest absolute Gasteiger partial charge is 0.234 e. The molecule has 5 heteroatoms. The van der Waals surface area contributed by atoms with E-state index in [1.54, 1.807) is 18.3 Å². The van der Waals surface area contributed by atoms with Crippen LogP contribution in [0.3, 0.4) is 0 Å². The van der Waals surface area contributed by atoms with Gasteiger partial charge < -0.3 is 5.73 Å². The molecule has 0 radical (unpaired) electrons. The summed E-state index contributed by atoms with van der Waals surface area (Å²) in [5, 5.41) is 4.32. The molecule has 0 spiro atoms. The van der Waals surface area contributed by atoms with Gasteiger partial charge >= 0.3 is 0 Å². The van der Waals surface area contributed by atoms with Gasteiger partial charge in [-0.15, -0.1) is 11.3 Å². The number of primary amides is 1. The topological polar surface area (TPSA) is 68.0 Å². The summed E-state index contributed by atoms with van der Waals surface area (Å²) in [6.45, 7) is 12.3. The Morgan fingerprint density at radius 3 is 2.33 bits per heavy atom. The van der Waals surface area contributed by atoms with E-state index in [0.717, 1.165) is 10.7 Å². The van der Waals surface area contributed by atoms with E-state index < -0.39 is 0 Å². The van der Waals surface area contributed by atoms with Gasteiger partial charge in [-0.05, 0) is 20.8 Å². The lowest BCUT2D eigenvalue weighted by Gasteiger charge is -2.17. The Balaban J connectivity index is 2.90. The molecule has 0 aliphatic heterocycles. The fourth-order valence-corrected chi connectivity index (χ4v) is 2.80. The molecule has 2 atom stereocenters. The van der Waals surface area contributed by atoms with Crippen LogP contribution in [0, 0.1) is 6.92 Å². The minimum absolute atomic E-state index is 0.0582. The van der Waals surface area contributed by atoms with Crippen LogP contribution in [0.5, 0.6) is 0 Å². The van der Waals surface area contributed by atoms with Crippen LogP contribution in [0.15, 0.2) is 0 Å². The first kappa shape index (κ1) is 15.1. The average molecular weight is 269 g/mol. The van der Waals surface area contributed by atoms with Crippen molar-refractivity contribution in [2.45, 2.75) is 59.0 Å². The molecule has 4 nitrogen and oxygen atoms in total. The number of hydrogen-bond donors (Lipinski definition) is 2. The number of nitrogens with two attached hydrogens (primary N) is 1. The summed E-state index contributed by atoms with van der Waals surface area (Å²) < 4.78 is 0. The number of rotatable bonds is 4. The number of aromatic nitrogens is 1. The van der Waals surface area contributed by atoms with E-state index in [4.69, 9.17) is 5.73 Å². The predicted octanol–water partition coefficient (Wildman–Crippen LogP) is 2.27. The zero-order valence-electron chi connectivity index (χ0n) is 12.0. The Hall–Kier alpha value is -0.940. The Labute approximate surface area is 113 Å². The van der Waals surface area contributed by atoms with Crippen molar-refractivity contribution in [2.24, 2.45) is 5.73 Å². The van der Waals surface area contributed by atoms with E-state index in [1.165, 1.54) is 4.88 Å². The van der Waals surface area contributed by atoms with E-state index >= 15 is 0 Å². The molecule has 0 saturated heterocycles. The molecule has 3 N–H and O–H groups in total. The van der Waals surface area contributed by atoms with Crippen molar-refractivity contribution in [3.8, 4) is 0 Å². The number of nitrogens with zero attached hydrogens (tertiary/aromatic N) is 1. The molecule has 0 bridgehead atoms. The second-order valence-electron chi connectivity index (χ2n) is 5.73. The monoisotopic (exact) mass is 269 g/mol. The molecule has 0 aliphatic carbocycles. The number of aryl methyl sites for hydroxylation is 1. The van der Waals surface area contributed by atoms with Crippen molar-refractivity contribution in [3.63, 3.8) is 0 Å². The molecule has 1 aromatic heterocycles. The Morgan fingerprint density at radius 1 is 1.39 bits per heavy atom. The first-order chi connectivity index (χ1) is 8.12. The summed E-state index contributed by atoms with van der Waals surface area (Å²) >= 11 is 1.70. The van der Waals surface area contributed by atoms with E-state index in [-0.39, 0.29) is 23.4 Å². The van der Waals surface area contributed by atoms with Crippen LogP contribution >= 0.6 is 11.3 Å². The van der Waals surface area contributed by atoms with Gasteiger partial charge in [0.25, 0.3) is 0 Å². The summed E-state index contributed by atoms with van der Waals surface area (Å²) in [6, 6.07) is -0.249. The molecule has 1 aromatic rings. The molecular formula is C13H23N3OS. The molecule has 1 heterocycles. The number of nitrogens with one attached hydrogen (secondary N) is 1. The van der Waals surface area contributed by atoms with Gasteiger partial charge in [0.1, 0.15) is 0 Å². The van der Waals surface area contributed by atoms with E-state index in [0.29, 0.717) is 0 Å². The van der Waals surface area contributed by atoms with Gasteiger partial charge in [0.05, 0.1) is 16.7 Å². The molecule has 2 unspecified atom stereocenters. The molecule has 1 amide bonds. The number of carbonyl (C=O) groups excluding carboxylic acids is 1. The quantitative estimate of drug-likeness (QED) is 0.881. The summed E-state index contributed by atoms with van der Waals surface area (Å²) in [5.41, 5.74) is 6.35. The van der Waals surface area contributed by atoms with Crippen molar-refractivity contribution in [1.29, 1.82) is 0 Å². The number of thiazole rings is 1. The molecular weight excluding hydrogens is 246 g/mol. The highest BCUT2D eigenvalue weighted by atomic mass is 32.1. The Kier molecular flexibility index (Phi) is 4.50. The van der Waals surface area contributed by atoms with Crippen molar-refractivity contribution in [1.82, 2.24) is 10.3 Å². The highest BCUT2D eigenvalue weighted by Crippen LogP contribution is 2.32. The van der Waals surface area contributed by atoms with Crippen LogP contribution in [-0.2, 0) is 10.2 Å². The minimum atomic E-state index is -0.334. The molecule has 0 aromatic carbocycles. The van der Waals surface area contributed by atoms with E-state index in [9.17, 15) is 4.79 Å². The van der Waals surface area contributed by atoms with Crippen LogP contribution in [0.4, 0.5) is 0 Å². The SMILES string of the molecule is Cc1nc(C(C)(C)C)sc1C(C)NC(C)C(N)=O. The molecule has 0 aliphatic rings. The van der Waals surface area contributed by atoms with Crippen molar-refractivity contribution in [3.05, 3.63) is 15.6 Å². The highest BCUT2D eigenvalue weighted by molar-refractivity contribution is 7.12. The molecule has 1 rings (SSSR count). The highest BCUT2D eigenvalue weighted by Gasteiger charge is 2.23. The van der Waals surface area contributed by atoms with Gasteiger partial charge in [-0.1, -0.05) is 20.8 Å². The third-order valence-electron chi connectivity index (χ3n) is 2.79. The Bertz CT molecular complexity index is 434. The third kappa shape index (κ3) is 3.53. The largest absolute Gasteiger partial charge is 0.368 e. The van der Waals surface area contributed by atoms with Gasteiger partial charge in [-0.3, -0.25) is 10.1 Å². The third-order valence-corrected chi connectivity index (χ3v) is 4.56. The van der Waals surface area contributed by atoms with Crippen molar-refractivity contribution < 1.29 is 4.79 Å². The fourth-order valence-electron chi connectivity index (χ4n) is 1.66. The summed E-state index contributed by atoms with van der Waals surface area (Å²) in [4.78, 5) is 16.9. The number of hydrogen-bond acceptors (Lipinski definition) is 4. The maximum absolute atomic E-state index is 11.1. The van der Waals surface area contributed by atoms with Gasteiger partial charge in [-0.25, -0.2) is 4.98 Å². The van der Waals surface area contributed by atoms with Crippen LogP contribution in [0.1, 0.15) is 56.2 Å².